The van der Waals surface area contributed by atoms with E-state index in [1.54, 1.807) is 0 Å². The average molecular weight is 204 g/mol. The second-order valence-electron chi connectivity index (χ2n) is 3.02. The Morgan fingerprint density at radius 2 is 2.00 bits per heavy atom. The fourth-order valence-electron chi connectivity index (χ4n) is 0.839. The van der Waals surface area contributed by atoms with E-state index in [0.29, 0.717) is 0 Å². The minimum absolute atomic E-state index is 0.000642. The zero-order valence-electron chi connectivity index (χ0n) is 8.24. The zero-order chi connectivity index (χ0) is 10.4. The van der Waals surface area contributed by atoms with Crippen LogP contribution in [0.5, 0.6) is 0 Å². The lowest BCUT2D eigenvalue weighted by Gasteiger charge is -2.10. The molecule has 0 aliphatic heterocycles. The van der Waals surface area contributed by atoms with Gasteiger partial charge in [0.05, 0.1) is 7.11 Å². The van der Waals surface area contributed by atoms with E-state index in [2.05, 4.69) is 17.4 Å². The molecule has 0 rings (SSSR count). The molecule has 0 bridgehead atoms. The summed E-state index contributed by atoms with van der Waals surface area (Å²) in [6.45, 7) is 3.79. The highest BCUT2D eigenvalue weighted by Crippen LogP contribution is 2.11. The van der Waals surface area contributed by atoms with Crippen LogP contribution in [-0.2, 0) is 14.3 Å². The predicted octanol–water partition coefficient (Wildman–Crippen LogP) is 1.46. The first-order chi connectivity index (χ1) is 6.02. The molecule has 0 aliphatic rings. The first-order valence-corrected chi connectivity index (χ1v) is 4.83. The fraction of sp³-hybridized carbons (Fsp3) is 0.778. The van der Waals surface area contributed by atoms with Crippen LogP contribution in [0.4, 0.5) is 0 Å². The van der Waals surface area contributed by atoms with E-state index in [9.17, 15) is 9.59 Å². The number of hydrogen-bond donors (Lipinski definition) is 1. The van der Waals surface area contributed by atoms with E-state index in [0.717, 1.165) is 6.42 Å². The smallest absolute Gasteiger partial charge is 0.318 e. The molecule has 0 aromatic rings. The highest BCUT2D eigenvalue weighted by atomic mass is 32.1. The fourth-order valence-corrected chi connectivity index (χ4v) is 1.12. The Balaban J connectivity index is 3.98. The topological polar surface area (TPSA) is 43.4 Å². The van der Waals surface area contributed by atoms with Crippen LogP contribution in [0.3, 0.4) is 0 Å². The summed E-state index contributed by atoms with van der Waals surface area (Å²) >= 11 is 3.98. The maximum Gasteiger partial charge on any atom is 0.318 e. The third kappa shape index (κ3) is 4.31. The van der Waals surface area contributed by atoms with Crippen molar-refractivity contribution >= 4 is 24.4 Å². The monoisotopic (exact) mass is 204 g/mol. The van der Waals surface area contributed by atoms with Crippen molar-refractivity contribution in [2.75, 3.05) is 7.11 Å². The molecule has 0 fully saturated rings. The number of ketones is 1. The Morgan fingerprint density at radius 3 is 2.38 bits per heavy atom. The molecule has 2 atom stereocenters. The van der Waals surface area contributed by atoms with Gasteiger partial charge in [0.25, 0.3) is 0 Å². The van der Waals surface area contributed by atoms with Gasteiger partial charge < -0.3 is 4.74 Å². The molecule has 0 aromatic heterocycles. The lowest BCUT2D eigenvalue weighted by Crippen LogP contribution is -2.23. The largest absolute Gasteiger partial charge is 0.468 e. The molecule has 0 aliphatic carbocycles. The van der Waals surface area contributed by atoms with Crippen LogP contribution in [0.2, 0.25) is 0 Å². The molecule has 0 aromatic carbocycles. The standard InChI is InChI=1S/C9H16O3S/c1-4-6(2)7(10)5-8(13)9(11)12-3/h6,8,13H,4-5H2,1-3H3. The highest BCUT2D eigenvalue weighted by molar-refractivity contribution is 7.81. The Kier molecular flexibility index (Phi) is 5.79. The van der Waals surface area contributed by atoms with Gasteiger partial charge in [0.1, 0.15) is 11.0 Å². The Morgan fingerprint density at radius 1 is 1.46 bits per heavy atom. The summed E-state index contributed by atoms with van der Waals surface area (Å²) in [5.74, 6) is -0.382. The molecule has 0 spiro atoms. The molecule has 0 radical (unpaired) electrons. The van der Waals surface area contributed by atoms with Crippen LogP contribution in [0.1, 0.15) is 26.7 Å². The van der Waals surface area contributed by atoms with Gasteiger partial charge in [-0.1, -0.05) is 13.8 Å². The van der Waals surface area contributed by atoms with Gasteiger partial charge in [-0.15, -0.1) is 0 Å². The Hall–Kier alpha value is -0.510. The summed E-state index contributed by atoms with van der Waals surface area (Å²) in [5.41, 5.74) is 0. The lowest BCUT2D eigenvalue weighted by molar-refractivity contribution is -0.141. The van der Waals surface area contributed by atoms with Crippen molar-refractivity contribution in [2.45, 2.75) is 31.9 Å². The number of thiol groups is 1. The molecule has 76 valence electrons. The van der Waals surface area contributed by atoms with E-state index in [-0.39, 0.29) is 18.1 Å². The quantitative estimate of drug-likeness (QED) is 0.544. The predicted molar refractivity (Wildman–Crippen MR) is 53.9 cm³/mol. The maximum absolute atomic E-state index is 11.3. The van der Waals surface area contributed by atoms with E-state index >= 15 is 0 Å². The van der Waals surface area contributed by atoms with Crippen LogP contribution in [0, 0.1) is 5.92 Å². The van der Waals surface area contributed by atoms with Crippen molar-refractivity contribution in [2.24, 2.45) is 5.92 Å². The summed E-state index contributed by atoms with van der Waals surface area (Å²) in [4.78, 5) is 22.3. The van der Waals surface area contributed by atoms with Crippen LogP contribution < -0.4 is 0 Å². The number of hydrogen-bond acceptors (Lipinski definition) is 4. The summed E-state index contributed by atoms with van der Waals surface area (Å²) in [7, 11) is 1.29. The third-order valence-corrected chi connectivity index (χ3v) is 2.42. The molecule has 0 N–H and O–H groups in total. The minimum Gasteiger partial charge on any atom is -0.468 e. The number of carbonyl (C=O) groups is 2. The van der Waals surface area contributed by atoms with Gasteiger partial charge in [-0.05, 0) is 6.42 Å². The molecule has 0 saturated carbocycles. The second kappa shape index (κ2) is 6.02. The maximum atomic E-state index is 11.3. The summed E-state index contributed by atoms with van der Waals surface area (Å²) in [6.07, 6.45) is 0.950. The number of esters is 1. The molecule has 4 heteroatoms. The molecule has 0 heterocycles. The first-order valence-electron chi connectivity index (χ1n) is 4.31. The van der Waals surface area contributed by atoms with Crippen LogP contribution >= 0.6 is 12.6 Å². The van der Waals surface area contributed by atoms with Crippen molar-refractivity contribution in [3.63, 3.8) is 0 Å². The van der Waals surface area contributed by atoms with Crippen LogP contribution in [0.15, 0.2) is 0 Å². The number of Topliss-reactive ketones (excluding diaryl/α,β-unsaturated/α-hetero) is 1. The van der Waals surface area contributed by atoms with Gasteiger partial charge in [-0.25, -0.2) is 0 Å². The van der Waals surface area contributed by atoms with Crippen molar-refractivity contribution in [1.82, 2.24) is 0 Å². The van der Waals surface area contributed by atoms with E-state index in [1.165, 1.54) is 7.11 Å². The van der Waals surface area contributed by atoms with E-state index in [4.69, 9.17) is 0 Å². The van der Waals surface area contributed by atoms with Crippen molar-refractivity contribution < 1.29 is 14.3 Å². The zero-order valence-corrected chi connectivity index (χ0v) is 9.14. The summed E-state index contributed by atoms with van der Waals surface area (Å²) < 4.78 is 4.46. The number of methoxy groups -OCH3 is 1. The Bertz CT molecular complexity index is 191. The van der Waals surface area contributed by atoms with Gasteiger partial charge in [-0.2, -0.15) is 12.6 Å². The molecular weight excluding hydrogens is 188 g/mol. The molecular formula is C9H16O3S. The summed E-state index contributed by atoms with van der Waals surface area (Å²) in [5, 5.41) is -0.619. The molecule has 2 unspecified atom stereocenters. The second-order valence-corrected chi connectivity index (χ2v) is 3.64. The van der Waals surface area contributed by atoms with Crippen molar-refractivity contribution in [3.05, 3.63) is 0 Å². The van der Waals surface area contributed by atoms with Gasteiger partial charge in [-0.3, -0.25) is 9.59 Å². The van der Waals surface area contributed by atoms with Crippen molar-refractivity contribution in [1.29, 1.82) is 0 Å². The normalized spacial score (nSPS) is 14.8. The van der Waals surface area contributed by atoms with E-state index in [1.807, 2.05) is 13.8 Å². The van der Waals surface area contributed by atoms with E-state index < -0.39 is 11.2 Å². The van der Waals surface area contributed by atoms with Gasteiger partial charge in [0.15, 0.2) is 0 Å². The number of carbonyl (C=O) groups excluding carboxylic acids is 2. The Labute approximate surface area is 84.3 Å². The number of ether oxygens (including phenoxy) is 1. The molecule has 0 amide bonds. The SMILES string of the molecule is CCC(C)C(=O)CC(S)C(=O)OC. The minimum atomic E-state index is -0.619. The van der Waals surface area contributed by atoms with Gasteiger partial charge in [0.2, 0.25) is 0 Å². The van der Waals surface area contributed by atoms with Crippen LogP contribution in [0.25, 0.3) is 0 Å². The average Bonchev–Trinajstić information content (AvgIpc) is 2.14. The first kappa shape index (κ1) is 12.5. The number of rotatable bonds is 5. The molecule has 3 nitrogen and oxygen atoms in total. The third-order valence-electron chi connectivity index (χ3n) is 2.03. The van der Waals surface area contributed by atoms with Gasteiger partial charge >= 0.3 is 5.97 Å². The molecule has 0 saturated heterocycles. The lowest BCUT2D eigenvalue weighted by atomic mass is 10.00. The van der Waals surface area contributed by atoms with Crippen LogP contribution in [-0.4, -0.2) is 24.1 Å². The highest BCUT2D eigenvalue weighted by Gasteiger charge is 2.20. The molecule has 13 heavy (non-hydrogen) atoms. The van der Waals surface area contributed by atoms with Gasteiger partial charge in [0, 0.05) is 12.3 Å². The summed E-state index contributed by atoms with van der Waals surface area (Å²) in [6, 6.07) is 0. The van der Waals surface area contributed by atoms with Crippen molar-refractivity contribution in [3.8, 4) is 0 Å².